The van der Waals surface area contributed by atoms with Crippen LogP contribution in [0.3, 0.4) is 0 Å². The molecule has 0 saturated carbocycles. The Morgan fingerprint density at radius 1 is 1.56 bits per heavy atom. The number of carbonyl (C=O) groups is 1. The summed E-state index contributed by atoms with van der Waals surface area (Å²) in [6.45, 7) is 5.03. The number of carbonyl (C=O) groups excluding carboxylic acids is 1. The van der Waals surface area contributed by atoms with E-state index < -0.39 is 12.1 Å². The van der Waals surface area contributed by atoms with Gasteiger partial charge in [-0.2, -0.15) is 0 Å². The van der Waals surface area contributed by atoms with Crippen molar-refractivity contribution in [2.45, 2.75) is 17.9 Å². The van der Waals surface area contributed by atoms with Crippen LogP contribution in [0.25, 0.3) is 0 Å². The average Bonchev–Trinajstić information content (AvgIpc) is 2.34. The van der Waals surface area contributed by atoms with Crippen LogP contribution in [0.1, 0.15) is 6.92 Å². The summed E-state index contributed by atoms with van der Waals surface area (Å²) in [7, 11) is 0. The third-order valence-corrected chi connectivity index (χ3v) is 4.20. The molecule has 0 heterocycles. The molecule has 1 aromatic carbocycles. The van der Waals surface area contributed by atoms with Crippen molar-refractivity contribution >= 4 is 33.7 Å². The number of esters is 1. The molecule has 18 heavy (non-hydrogen) atoms. The van der Waals surface area contributed by atoms with Gasteiger partial charge in [-0.1, -0.05) is 18.7 Å². The minimum absolute atomic E-state index is 0.0108. The van der Waals surface area contributed by atoms with Crippen molar-refractivity contribution in [1.82, 2.24) is 0 Å². The SMILES string of the molecule is C=C(C)C(=O)OCC(O)CSc1ccccc1Br. The predicted octanol–water partition coefficient (Wildman–Crippen LogP) is 3.02. The third kappa shape index (κ3) is 5.25. The van der Waals surface area contributed by atoms with Crippen LogP contribution in [0.15, 0.2) is 45.8 Å². The Kier molecular flexibility index (Phi) is 6.46. The van der Waals surface area contributed by atoms with Gasteiger partial charge in [0.2, 0.25) is 0 Å². The molecule has 0 aliphatic heterocycles. The maximum atomic E-state index is 11.1. The molecule has 1 aromatic rings. The topological polar surface area (TPSA) is 46.5 Å². The molecule has 1 N–H and O–H groups in total. The second-order valence-corrected chi connectivity index (χ2v) is 5.69. The molecular weight excluding hydrogens is 316 g/mol. The van der Waals surface area contributed by atoms with Gasteiger partial charge in [0.1, 0.15) is 6.61 Å². The highest BCUT2D eigenvalue weighted by molar-refractivity contribution is 9.10. The first-order valence-corrected chi connectivity index (χ1v) is 7.16. The molecular formula is C13H15BrO3S. The summed E-state index contributed by atoms with van der Waals surface area (Å²) in [6.07, 6.45) is -0.689. The molecule has 0 spiro atoms. The maximum Gasteiger partial charge on any atom is 0.333 e. The Labute approximate surface area is 119 Å². The summed E-state index contributed by atoms with van der Waals surface area (Å²) in [5, 5.41) is 9.69. The number of aliphatic hydroxyl groups excluding tert-OH is 1. The van der Waals surface area contributed by atoms with E-state index in [-0.39, 0.29) is 6.61 Å². The second-order valence-electron chi connectivity index (χ2n) is 3.77. The van der Waals surface area contributed by atoms with Crippen LogP contribution in [-0.4, -0.2) is 29.5 Å². The number of hydrogen-bond acceptors (Lipinski definition) is 4. The van der Waals surface area contributed by atoms with E-state index in [0.29, 0.717) is 11.3 Å². The summed E-state index contributed by atoms with van der Waals surface area (Å²) in [5.41, 5.74) is 0.334. The number of halogens is 1. The Balaban J connectivity index is 2.33. The van der Waals surface area contributed by atoms with Gasteiger partial charge in [-0.25, -0.2) is 4.79 Å². The number of ether oxygens (including phenoxy) is 1. The Morgan fingerprint density at radius 3 is 2.83 bits per heavy atom. The molecule has 5 heteroatoms. The van der Waals surface area contributed by atoms with E-state index >= 15 is 0 Å². The number of hydrogen-bond donors (Lipinski definition) is 1. The molecule has 0 saturated heterocycles. The van der Waals surface area contributed by atoms with Crippen molar-refractivity contribution in [2.24, 2.45) is 0 Å². The molecule has 0 aliphatic carbocycles. The van der Waals surface area contributed by atoms with Gasteiger partial charge in [-0.05, 0) is 35.0 Å². The minimum atomic E-state index is -0.689. The van der Waals surface area contributed by atoms with Crippen molar-refractivity contribution in [1.29, 1.82) is 0 Å². The average molecular weight is 331 g/mol. The summed E-state index contributed by atoms with van der Waals surface area (Å²) in [6, 6.07) is 7.76. The van der Waals surface area contributed by atoms with Crippen LogP contribution in [0, 0.1) is 0 Å². The van der Waals surface area contributed by atoms with Gasteiger partial charge in [0, 0.05) is 20.7 Å². The fourth-order valence-electron chi connectivity index (χ4n) is 1.09. The number of thioether (sulfide) groups is 1. The van der Waals surface area contributed by atoms with E-state index in [9.17, 15) is 9.90 Å². The molecule has 0 radical (unpaired) electrons. The van der Waals surface area contributed by atoms with E-state index in [1.54, 1.807) is 6.92 Å². The summed E-state index contributed by atoms with van der Waals surface area (Å²) in [4.78, 5) is 12.2. The maximum absolute atomic E-state index is 11.1. The number of benzene rings is 1. The summed E-state index contributed by atoms with van der Waals surface area (Å²) in [5.74, 6) is -0.00791. The fraction of sp³-hybridized carbons (Fsp3) is 0.308. The van der Waals surface area contributed by atoms with Crippen LogP contribution in [0.2, 0.25) is 0 Å². The molecule has 0 aliphatic rings. The van der Waals surface area contributed by atoms with Crippen LogP contribution in [0.5, 0.6) is 0 Å². The highest BCUT2D eigenvalue weighted by Gasteiger charge is 2.10. The zero-order valence-electron chi connectivity index (χ0n) is 10.1. The van der Waals surface area contributed by atoms with Gasteiger partial charge in [0.15, 0.2) is 0 Å². The Hall–Kier alpha value is -0.780. The molecule has 3 nitrogen and oxygen atoms in total. The highest BCUT2D eigenvalue weighted by atomic mass is 79.9. The standard InChI is InChI=1S/C13H15BrO3S/c1-9(2)13(16)17-7-10(15)8-18-12-6-4-3-5-11(12)14/h3-6,10,15H,1,7-8H2,2H3. The Morgan fingerprint density at radius 2 is 2.22 bits per heavy atom. The number of aliphatic hydroxyl groups is 1. The van der Waals surface area contributed by atoms with E-state index in [1.807, 2.05) is 24.3 Å². The van der Waals surface area contributed by atoms with E-state index in [1.165, 1.54) is 11.8 Å². The third-order valence-electron chi connectivity index (χ3n) is 2.02. The lowest BCUT2D eigenvalue weighted by Gasteiger charge is -2.11. The molecule has 1 unspecified atom stereocenters. The van der Waals surface area contributed by atoms with Gasteiger partial charge in [0.05, 0.1) is 6.10 Å². The van der Waals surface area contributed by atoms with Crippen molar-refractivity contribution in [3.63, 3.8) is 0 Å². The molecule has 0 fully saturated rings. The first-order valence-electron chi connectivity index (χ1n) is 5.38. The second kappa shape index (κ2) is 7.61. The zero-order valence-corrected chi connectivity index (χ0v) is 12.5. The van der Waals surface area contributed by atoms with Crippen LogP contribution < -0.4 is 0 Å². The van der Waals surface area contributed by atoms with E-state index in [0.717, 1.165) is 9.37 Å². The lowest BCUT2D eigenvalue weighted by atomic mass is 10.3. The van der Waals surface area contributed by atoms with E-state index in [4.69, 9.17) is 4.74 Å². The van der Waals surface area contributed by atoms with Gasteiger partial charge >= 0.3 is 5.97 Å². The van der Waals surface area contributed by atoms with Gasteiger partial charge in [0.25, 0.3) is 0 Å². The minimum Gasteiger partial charge on any atom is -0.460 e. The lowest BCUT2D eigenvalue weighted by Crippen LogP contribution is -2.21. The molecule has 1 rings (SSSR count). The molecule has 0 aromatic heterocycles. The van der Waals surface area contributed by atoms with Gasteiger partial charge in [-0.15, -0.1) is 11.8 Å². The zero-order chi connectivity index (χ0) is 13.5. The normalized spacial score (nSPS) is 11.9. The van der Waals surface area contributed by atoms with Crippen molar-refractivity contribution < 1.29 is 14.6 Å². The smallest absolute Gasteiger partial charge is 0.333 e. The van der Waals surface area contributed by atoms with Crippen LogP contribution >= 0.6 is 27.7 Å². The highest BCUT2D eigenvalue weighted by Crippen LogP contribution is 2.27. The van der Waals surface area contributed by atoms with Crippen molar-refractivity contribution in [3.8, 4) is 0 Å². The summed E-state index contributed by atoms with van der Waals surface area (Å²) < 4.78 is 5.86. The van der Waals surface area contributed by atoms with E-state index in [2.05, 4.69) is 22.5 Å². The molecule has 98 valence electrons. The molecule has 0 amide bonds. The van der Waals surface area contributed by atoms with Crippen LogP contribution in [-0.2, 0) is 9.53 Å². The lowest BCUT2D eigenvalue weighted by molar-refractivity contribution is -0.141. The largest absolute Gasteiger partial charge is 0.460 e. The summed E-state index contributed by atoms with van der Waals surface area (Å²) >= 11 is 4.93. The van der Waals surface area contributed by atoms with Crippen molar-refractivity contribution in [3.05, 3.63) is 40.9 Å². The Bertz CT molecular complexity index is 434. The fourth-order valence-corrected chi connectivity index (χ4v) is 2.57. The number of rotatable bonds is 6. The monoisotopic (exact) mass is 330 g/mol. The molecule has 0 bridgehead atoms. The van der Waals surface area contributed by atoms with Gasteiger partial charge < -0.3 is 9.84 Å². The van der Waals surface area contributed by atoms with Crippen molar-refractivity contribution in [2.75, 3.05) is 12.4 Å². The molecule has 1 atom stereocenters. The first-order chi connectivity index (χ1) is 8.50. The first kappa shape index (κ1) is 15.3. The predicted molar refractivity (Wildman–Crippen MR) is 76.6 cm³/mol. The van der Waals surface area contributed by atoms with Gasteiger partial charge in [-0.3, -0.25) is 0 Å². The van der Waals surface area contributed by atoms with Crippen LogP contribution in [0.4, 0.5) is 0 Å². The quantitative estimate of drug-likeness (QED) is 0.494.